The van der Waals surface area contributed by atoms with Gasteiger partial charge in [-0.15, -0.1) is 0 Å². The average molecular weight is 348 g/mol. The summed E-state index contributed by atoms with van der Waals surface area (Å²) < 4.78 is 16.2. The highest BCUT2D eigenvalue weighted by Gasteiger charge is 2.68. The van der Waals surface area contributed by atoms with Gasteiger partial charge >= 0.3 is 11.9 Å². The molecule has 3 rings (SSSR count). The second kappa shape index (κ2) is 6.32. The molecule has 3 aliphatic rings. The second-order valence-corrected chi connectivity index (χ2v) is 7.45. The molecule has 0 spiro atoms. The van der Waals surface area contributed by atoms with Gasteiger partial charge in [-0.1, -0.05) is 19.1 Å². The molecule has 6 unspecified atom stereocenters. The predicted molar refractivity (Wildman–Crippen MR) is 87.9 cm³/mol. The quantitative estimate of drug-likeness (QED) is 0.441. The van der Waals surface area contributed by atoms with Gasteiger partial charge < -0.3 is 19.0 Å². The molecule has 0 N–H and O–H groups in total. The number of esters is 2. The SMILES string of the molecule is C=C1CCC2C(C3C(COC(C)=O)=COC(OC(C)=O)C13)C2(C)C=O. The summed E-state index contributed by atoms with van der Waals surface area (Å²) in [6.45, 7) is 8.95. The van der Waals surface area contributed by atoms with Crippen molar-refractivity contribution in [2.24, 2.45) is 29.1 Å². The van der Waals surface area contributed by atoms with Crippen LogP contribution in [-0.4, -0.2) is 31.1 Å². The zero-order chi connectivity index (χ0) is 18.4. The Hall–Kier alpha value is -2.11. The van der Waals surface area contributed by atoms with Crippen molar-refractivity contribution in [1.82, 2.24) is 0 Å². The van der Waals surface area contributed by atoms with Crippen molar-refractivity contribution < 1.29 is 28.6 Å². The predicted octanol–water partition coefficient (Wildman–Crippen LogP) is 2.39. The van der Waals surface area contributed by atoms with E-state index in [2.05, 4.69) is 6.58 Å². The lowest BCUT2D eigenvalue weighted by Gasteiger charge is -2.38. The molecule has 0 bridgehead atoms. The molecule has 2 fully saturated rings. The molecule has 6 atom stereocenters. The summed E-state index contributed by atoms with van der Waals surface area (Å²) in [6.07, 6.45) is 3.43. The van der Waals surface area contributed by atoms with E-state index in [9.17, 15) is 14.4 Å². The number of carbonyl (C=O) groups excluding carboxylic acids is 3. The van der Waals surface area contributed by atoms with Crippen LogP contribution in [0.3, 0.4) is 0 Å². The van der Waals surface area contributed by atoms with Crippen LogP contribution in [0, 0.1) is 29.1 Å². The molecule has 2 aliphatic carbocycles. The number of hydrogen-bond donors (Lipinski definition) is 0. The largest absolute Gasteiger partial charge is 0.462 e. The van der Waals surface area contributed by atoms with E-state index >= 15 is 0 Å². The van der Waals surface area contributed by atoms with E-state index in [4.69, 9.17) is 14.2 Å². The van der Waals surface area contributed by atoms with Crippen molar-refractivity contribution >= 4 is 18.2 Å². The third-order valence-corrected chi connectivity index (χ3v) is 5.92. The van der Waals surface area contributed by atoms with Crippen molar-refractivity contribution in [2.45, 2.75) is 39.9 Å². The van der Waals surface area contributed by atoms with Gasteiger partial charge in [-0.25, -0.2) is 0 Å². The van der Waals surface area contributed by atoms with Crippen LogP contribution in [0.15, 0.2) is 24.0 Å². The Morgan fingerprint density at radius 2 is 2.08 bits per heavy atom. The highest BCUT2D eigenvalue weighted by atomic mass is 16.7. The summed E-state index contributed by atoms with van der Waals surface area (Å²) in [5, 5.41) is 0. The van der Waals surface area contributed by atoms with Gasteiger partial charge in [-0.2, -0.15) is 0 Å². The van der Waals surface area contributed by atoms with Crippen molar-refractivity contribution in [3.8, 4) is 0 Å². The Morgan fingerprint density at radius 1 is 1.36 bits per heavy atom. The first-order chi connectivity index (χ1) is 11.8. The highest BCUT2D eigenvalue weighted by Crippen LogP contribution is 2.68. The standard InChI is InChI=1S/C19H24O6/c1-10-5-6-14-17(19(14,4)9-20)16-13(7-23-11(2)21)8-24-18(15(10)16)25-12(3)22/h8-9,14-18H,1,5-7H2,2-4H3. The van der Waals surface area contributed by atoms with Crippen molar-refractivity contribution in [3.05, 3.63) is 24.0 Å². The van der Waals surface area contributed by atoms with Crippen LogP contribution < -0.4 is 0 Å². The first kappa shape index (κ1) is 17.7. The minimum absolute atomic E-state index is 0.0901. The lowest BCUT2D eigenvalue weighted by molar-refractivity contribution is -0.181. The fraction of sp³-hybridized carbons (Fsp3) is 0.632. The minimum atomic E-state index is -0.758. The monoisotopic (exact) mass is 348 g/mol. The van der Waals surface area contributed by atoms with E-state index in [1.54, 1.807) is 0 Å². The topological polar surface area (TPSA) is 78.9 Å². The summed E-state index contributed by atoms with van der Waals surface area (Å²) in [5.41, 5.74) is 1.36. The normalized spacial score (nSPS) is 38.9. The van der Waals surface area contributed by atoms with Crippen molar-refractivity contribution in [1.29, 1.82) is 0 Å². The summed E-state index contributed by atoms with van der Waals surface area (Å²) in [5.74, 6) is -0.768. The van der Waals surface area contributed by atoms with Gasteiger partial charge in [0.15, 0.2) is 0 Å². The molecule has 1 aliphatic heterocycles. The lowest BCUT2D eigenvalue weighted by Crippen LogP contribution is -2.40. The minimum Gasteiger partial charge on any atom is -0.462 e. The molecule has 136 valence electrons. The Bertz CT molecular complexity index is 650. The Kier molecular flexibility index (Phi) is 4.47. The van der Waals surface area contributed by atoms with Gasteiger partial charge in [0.25, 0.3) is 0 Å². The maximum absolute atomic E-state index is 11.7. The molecule has 0 aromatic heterocycles. The van der Waals surface area contributed by atoms with Crippen LogP contribution in [-0.2, 0) is 28.6 Å². The van der Waals surface area contributed by atoms with Gasteiger partial charge in [0, 0.05) is 30.8 Å². The molecule has 0 amide bonds. The molecule has 0 aromatic rings. The van der Waals surface area contributed by atoms with Crippen LogP contribution in [0.25, 0.3) is 0 Å². The van der Waals surface area contributed by atoms with Gasteiger partial charge in [-0.05, 0) is 24.7 Å². The van der Waals surface area contributed by atoms with Gasteiger partial charge in [-0.3, -0.25) is 9.59 Å². The molecular weight excluding hydrogens is 324 g/mol. The van der Waals surface area contributed by atoms with Crippen LogP contribution >= 0.6 is 0 Å². The molecule has 2 saturated carbocycles. The van der Waals surface area contributed by atoms with Gasteiger partial charge in [0.2, 0.25) is 6.29 Å². The van der Waals surface area contributed by atoms with E-state index in [1.807, 2.05) is 6.92 Å². The van der Waals surface area contributed by atoms with Crippen LogP contribution in [0.1, 0.15) is 33.6 Å². The molecule has 6 nitrogen and oxygen atoms in total. The maximum atomic E-state index is 11.7. The molecule has 0 saturated heterocycles. The Morgan fingerprint density at radius 3 is 2.68 bits per heavy atom. The average Bonchev–Trinajstić information content (AvgIpc) is 3.18. The van der Waals surface area contributed by atoms with E-state index in [1.165, 1.54) is 20.1 Å². The lowest BCUT2D eigenvalue weighted by atomic mass is 9.75. The fourth-order valence-electron chi connectivity index (χ4n) is 4.66. The number of rotatable bonds is 4. The summed E-state index contributed by atoms with van der Waals surface area (Å²) >= 11 is 0. The Labute approximate surface area is 147 Å². The highest BCUT2D eigenvalue weighted by molar-refractivity contribution is 5.68. The zero-order valence-corrected chi connectivity index (χ0v) is 14.8. The van der Waals surface area contributed by atoms with Gasteiger partial charge in [0.05, 0.1) is 12.2 Å². The fourth-order valence-corrected chi connectivity index (χ4v) is 4.66. The maximum Gasteiger partial charge on any atom is 0.305 e. The number of hydrogen-bond acceptors (Lipinski definition) is 6. The second-order valence-electron chi connectivity index (χ2n) is 7.45. The van der Waals surface area contributed by atoms with Crippen LogP contribution in [0.5, 0.6) is 0 Å². The van der Waals surface area contributed by atoms with E-state index < -0.39 is 17.7 Å². The van der Waals surface area contributed by atoms with E-state index in [0.717, 1.165) is 30.3 Å². The number of aldehydes is 1. The van der Waals surface area contributed by atoms with Gasteiger partial charge in [0.1, 0.15) is 12.9 Å². The molecule has 1 heterocycles. The van der Waals surface area contributed by atoms with Crippen molar-refractivity contribution in [3.63, 3.8) is 0 Å². The third-order valence-electron chi connectivity index (χ3n) is 5.92. The van der Waals surface area contributed by atoms with Crippen LogP contribution in [0.4, 0.5) is 0 Å². The molecule has 25 heavy (non-hydrogen) atoms. The smallest absolute Gasteiger partial charge is 0.305 e. The van der Waals surface area contributed by atoms with Crippen LogP contribution in [0.2, 0.25) is 0 Å². The molecule has 0 radical (unpaired) electrons. The molecule has 6 heteroatoms. The Balaban J connectivity index is 1.97. The summed E-state index contributed by atoms with van der Waals surface area (Å²) in [7, 11) is 0. The van der Waals surface area contributed by atoms with E-state index in [-0.39, 0.29) is 36.2 Å². The van der Waals surface area contributed by atoms with E-state index in [0.29, 0.717) is 0 Å². The summed E-state index contributed by atoms with van der Waals surface area (Å²) in [6, 6.07) is 0. The number of fused-ring (bicyclic) bond motifs is 3. The number of ether oxygens (including phenoxy) is 3. The molecule has 0 aromatic carbocycles. The zero-order valence-electron chi connectivity index (χ0n) is 14.8. The molecular formula is C19H24O6. The summed E-state index contributed by atoms with van der Waals surface area (Å²) in [4.78, 5) is 34.4. The number of carbonyl (C=O) groups is 3. The first-order valence-corrected chi connectivity index (χ1v) is 8.58. The first-order valence-electron chi connectivity index (χ1n) is 8.58. The third kappa shape index (κ3) is 2.98. The van der Waals surface area contributed by atoms with Crippen molar-refractivity contribution in [2.75, 3.05) is 6.61 Å².